The molecular formula is C28H33Cl2N7O2S. The van der Waals surface area contributed by atoms with Gasteiger partial charge in [0, 0.05) is 54.0 Å². The number of fused-ring (bicyclic) bond motifs is 1. The molecule has 2 aromatic heterocycles. The number of hydrogen-bond donors (Lipinski definition) is 3. The third kappa shape index (κ3) is 7.63. The largest absolute Gasteiger partial charge is 0.369 e. The zero-order valence-corrected chi connectivity index (χ0v) is 24.4. The number of halogens is 2. The fraction of sp³-hybridized carbons (Fsp3) is 0.393. The van der Waals surface area contributed by atoms with Crippen LogP contribution in [0.5, 0.6) is 0 Å². The maximum Gasteiger partial charge on any atom is 0.240 e. The highest BCUT2D eigenvalue weighted by Gasteiger charge is 2.24. The van der Waals surface area contributed by atoms with Gasteiger partial charge in [0.15, 0.2) is 0 Å². The van der Waals surface area contributed by atoms with Crippen molar-refractivity contribution in [2.24, 2.45) is 11.8 Å². The Balaban J connectivity index is 1.11. The Kier molecular flexibility index (Phi) is 9.41. The van der Waals surface area contributed by atoms with Gasteiger partial charge in [0.1, 0.15) is 5.82 Å². The predicted octanol–water partition coefficient (Wildman–Crippen LogP) is 5.83. The summed E-state index contributed by atoms with van der Waals surface area (Å²) in [6, 6.07) is 12.4. The van der Waals surface area contributed by atoms with Gasteiger partial charge < -0.3 is 15.2 Å². The van der Waals surface area contributed by atoms with Crippen molar-refractivity contribution in [2.75, 3.05) is 30.3 Å². The molecule has 2 aromatic carbocycles. The summed E-state index contributed by atoms with van der Waals surface area (Å²) in [7, 11) is -3.66. The molecule has 1 aliphatic rings. The first kappa shape index (κ1) is 28.6. The van der Waals surface area contributed by atoms with Crippen molar-refractivity contribution in [3.05, 3.63) is 71.2 Å². The van der Waals surface area contributed by atoms with Crippen molar-refractivity contribution in [3.63, 3.8) is 0 Å². The molecule has 1 aliphatic carbocycles. The van der Waals surface area contributed by atoms with Gasteiger partial charge >= 0.3 is 0 Å². The lowest BCUT2D eigenvalue weighted by atomic mass is 9.82. The smallest absolute Gasteiger partial charge is 0.240 e. The van der Waals surface area contributed by atoms with Gasteiger partial charge in [-0.2, -0.15) is 4.98 Å². The van der Waals surface area contributed by atoms with Gasteiger partial charge in [0.2, 0.25) is 16.0 Å². The van der Waals surface area contributed by atoms with Crippen molar-refractivity contribution in [1.29, 1.82) is 0 Å². The van der Waals surface area contributed by atoms with E-state index in [0.29, 0.717) is 28.5 Å². The van der Waals surface area contributed by atoms with Crippen molar-refractivity contribution in [2.45, 2.75) is 43.5 Å². The van der Waals surface area contributed by atoms with Crippen molar-refractivity contribution in [1.82, 2.24) is 24.2 Å². The average Bonchev–Trinajstić information content (AvgIpc) is 3.47. The zero-order chi connectivity index (χ0) is 28.0. The minimum atomic E-state index is -3.66. The van der Waals surface area contributed by atoms with E-state index >= 15 is 0 Å². The lowest BCUT2D eigenvalue weighted by Gasteiger charge is -2.28. The van der Waals surface area contributed by atoms with Crippen LogP contribution in [0.15, 0.2) is 66.1 Å². The SMILES string of the molecule is O=S(=O)(NC[C@H]1CC[C@H](CNc2nc(NCCCn3ccnc3)c3ccccc3n2)CC1)c1cc(Cl)cc(Cl)c1. The number of anilines is 2. The summed E-state index contributed by atoms with van der Waals surface area (Å²) >= 11 is 12.0. The second kappa shape index (κ2) is 13.2. The van der Waals surface area contributed by atoms with Crippen molar-refractivity contribution in [3.8, 4) is 0 Å². The molecule has 12 heteroatoms. The second-order valence-electron chi connectivity index (χ2n) is 10.2. The van der Waals surface area contributed by atoms with Crippen molar-refractivity contribution < 1.29 is 8.42 Å². The van der Waals surface area contributed by atoms with E-state index in [1.165, 1.54) is 18.2 Å². The molecule has 2 heterocycles. The quantitative estimate of drug-likeness (QED) is 0.175. The molecule has 0 atom stereocenters. The molecule has 0 aliphatic heterocycles. The minimum absolute atomic E-state index is 0.0883. The summed E-state index contributed by atoms with van der Waals surface area (Å²) in [5.41, 5.74) is 0.897. The van der Waals surface area contributed by atoms with Crippen LogP contribution in [-0.4, -0.2) is 47.6 Å². The molecule has 9 nitrogen and oxygen atoms in total. The van der Waals surface area contributed by atoms with E-state index in [1.807, 2.05) is 36.8 Å². The predicted molar refractivity (Wildman–Crippen MR) is 160 cm³/mol. The first-order valence-corrected chi connectivity index (χ1v) is 15.8. The second-order valence-corrected chi connectivity index (χ2v) is 12.9. The first-order valence-electron chi connectivity index (χ1n) is 13.5. The number of sulfonamides is 1. The van der Waals surface area contributed by atoms with Gasteiger partial charge in [0.05, 0.1) is 16.7 Å². The molecule has 0 unspecified atom stereocenters. The van der Waals surface area contributed by atoms with Crippen LogP contribution in [0.4, 0.5) is 11.8 Å². The Morgan fingerprint density at radius 3 is 2.38 bits per heavy atom. The standard InChI is InChI=1S/C28H33Cl2N7O2S/c29-22-14-23(30)16-24(15-22)40(38,39)34-18-21-8-6-20(7-9-21)17-33-28-35-26-5-2-1-4-25(26)27(36-28)32-10-3-12-37-13-11-31-19-37/h1-2,4-5,11,13-16,19-21,34H,3,6-10,12,17-18H2,(H2,32,33,35,36)/t20-,21-. The normalized spacial score (nSPS) is 17.6. The summed E-state index contributed by atoms with van der Waals surface area (Å²) in [5, 5.41) is 8.53. The number of benzene rings is 2. The Morgan fingerprint density at radius 2 is 1.65 bits per heavy atom. The summed E-state index contributed by atoms with van der Waals surface area (Å²) in [6.45, 7) is 2.85. The number of para-hydroxylation sites is 1. The third-order valence-corrected chi connectivity index (χ3v) is 9.11. The molecule has 0 spiro atoms. The lowest BCUT2D eigenvalue weighted by molar-refractivity contribution is 0.284. The number of imidazole rings is 1. The van der Waals surface area contributed by atoms with Gasteiger partial charge in [-0.05, 0) is 74.3 Å². The molecule has 5 rings (SSSR count). The van der Waals surface area contributed by atoms with E-state index in [9.17, 15) is 8.42 Å². The van der Waals surface area contributed by atoms with Crippen LogP contribution in [0, 0.1) is 11.8 Å². The zero-order valence-electron chi connectivity index (χ0n) is 22.1. The summed E-state index contributed by atoms with van der Waals surface area (Å²) in [5.74, 6) is 2.21. The van der Waals surface area contributed by atoms with Gasteiger partial charge in [-0.25, -0.2) is 23.1 Å². The summed E-state index contributed by atoms with van der Waals surface area (Å²) < 4.78 is 30.2. The van der Waals surface area contributed by atoms with Gasteiger partial charge in [-0.1, -0.05) is 35.3 Å². The number of nitrogens with one attached hydrogen (secondary N) is 3. The fourth-order valence-electron chi connectivity index (χ4n) is 5.05. The molecule has 3 N–H and O–H groups in total. The Labute approximate surface area is 244 Å². The highest BCUT2D eigenvalue weighted by molar-refractivity contribution is 7.89. The Bertz CT molecular complexity index is 1500. The summed E-state index contributed by atoms with van der Waals surface area (Å²) in [4.78, 5) is 13.7. The van der Waals surface area contributed by atoms with Crippen LogP contribution >= 0.6 is 23.2 Å². The van der Waals surface area contributed by atoms with E-state index < -0.39 is 10.0 Å². The molecular weight excluding hydrogens is 569 g/mol. The first-order chi connectivity index (χ1) is 19.4. The molecule has 40 heavy (non-hydrogen) atoms. The number of nitrogens with zero attached hydrogens (tertiary/aromatic N) is 4. The third-order valence-electron chi connectivity index (χ3n) is 7.27. The van der Waals surface area contributed by atoms with Crippen LogP contribution in [0.1, 0.15) is 32.1 Å². The van der Waals surface area contributed by atoms with Crippen LogP contribution in [-0.2, 0) is 16.6 Å². The van der Waals surface area contributed by atoms with E-state index in [-0.39, 0.29) is 10.8 Å². The lowest BCUT2D eigenvalue weighted by Crippen LogP contribution is -2.32. The monoisotopic (exact) mass is 601 g/mol. The summed E-state index contributed by atoms with van der Waals surface area (Å²) in [6.07, 6.45) is 10.4. The number of aromatic nitrogens is 4. The number of hydrogen-bond acceptors (Lipinski definition) is 7. The molecule has 4 aromatic rings. The maximum atomic E-state index is 12.7. The molecule has 0 radical (unpaired) electrons. The van der Waals surface area contributed by atoms with Crippen LogP contribution in [0.3, 0.4) is 0 Å². The minimum Gasteiger partial charge on any atom is -0.369 e. The highest BCUT2D eigenvalue weighted by Crippen LogP contribution is 2.30. The van der Waals surface area contributed by atoms with Crippen LogP contribution in [0.25, 0.3) is 10.9 Å². The molecule has 212 valence electrons. The number of rotatable bonds is 12. The fourth-order valence-corrected chi connectivity index (χ4v) is 6.89. The maximum absolute atomic E-state index is 12.7. The molecule has 0 saturated heterocycles. The Morgan fingerprint density at radius 1 is 0.925 bits per heavy atom. The van der Waals surface area contributed by atoms with E-state index in [4.69, 9.17) is 33.2 Å². The van der Waals surface area contributed by atoms with E-state index in [2.05, 4.69) is 24.9 Å². The Hall–Kier alpha value is -2.92. The average molecular weight is 603 g/mol. The molecule has 1 fully saturated rings. The molecule has 0 amide bonds. The van der Waals surface area contributed by atoms with Crippen molar-refractivity contribution >= 4 is 55.9 Å². The topological polar surface area (TPSA) is 114 Å². The number of aryl methyl sites for hydroxylation is 1. The van der Waals surface area contributed by atoms with Gasteiger partial charge in [0.25, 0.3) is 0 Å². The van der Waals surface area contributed by atoms with Crippen LogP contribution in [0.2, 0.25) is 10.0 Å². The van der Waals surface area contributed by atoms with Gasteiger partial charge in [-0.15, -0.1) is 0 Å². The molecule has 1 saturated carbocycles. The van der Waals surface area contributed by atoms with E-state index in [0.717, 1.165) is 68.5 Å². The molecule has 0 bridgehead atoms. The van der Waals surface area contributed by atoms with Crippen LogP contribution < -0.4 is 15.4 Å². The van der Waals surface area contributed by atoms with E-state index in [1.54, 1.807) is 6.20 Å². The van der Waals surface area contributed by atoms with Gasteiger partial charge in [-0.3, -0.25) is 0 Å². The highest BCUT2D eigenvalue weighted by atomic mass is 35.5.